The minimum atomic E-state index is -0.670. The Morgan fingerprint density at radius 3 is 2.39 bits per heavy atom. The molecule has 0 aromatic heterocycles. The van der Waals surface area contributed by atoms with Crippen LogP contribution in [0.3, 0.4) is 0 Å². The molecule has 0 bridgehead atoms. The Morgan fingerprint density at radius 2 is 1.89 bits per heavy atom. The summed E-state index contributed by atoms with van der Waals surface area (Å²) < 4.78 is 0. The van der Waals surface area contributed by atoms with Crippen LogP contribution in [0.15, 0.2) is 6.07 Å². The number of benzene rings is 1. The van der Waals surface area contributed by atoms with Gasteiger partial charge >= 0.3 is 0 Å². The van der Waals surface area contributed by atoms with Crippen molar-refractivity contribution in [3.63, 3.8) is 0 Å². The molecule has 1 aromatic rings. The van der Waals surface area contributed by atoms with Crippen LogP contribution >= 0.6 is 0 Å². The molecular weight excluding hydrogens is 236 g/mol. The molecule has 0 heterocycles. The zero-order valence-electron chi connectivity index (χ0n) is 10.3. The maximum atomic E-state index is 11.9. The largest absolute Gasteiger partial charge is 0.507 e. The van der Waals surface area contributed by atoms with E-state index in [9.17, 15) is 24.9 Å². The summed E-state index contributed by atoms with van der Waals surface area (Å²) in [5.74, 6) is -1.90. The van der Waals surface area contributed by atoms with Crippen molar-refractivity contribution in [2.75, 3.05) is 0 Å². The Hall–Kier alpha value is -2.04. The van der Waals surface area contributed by atoms with Crippen molar-refractivity contribution < 1.29 is 24.9 Å². The van der Waals surface area contributed by atoms with Crippen LogP contribution in [0.2, 0.25) is 0 Å². The second kappa shape index (κ2) is 5.53. The van der Waals surface area contributed by atoms with Crippen LogP contribution in [0.25, 0.3) is 0 Å². The predicted octanol–water partition coefficient (Wildman–Crippen LogP) is 2.23. The van der Waals surface area contributed by atoms with Gasteiger partial charge in [0.1, 0.15) is 22.8 Å². The van der Waals surface area contributed by atoms with E-state index in [-0.39, 0.29) is 23.8 Å². The second-order valence-electron chi connectivity index (χ2n) is 4.53. The molecule has 0 saturated carbocycles. The lowest BCUT2D eigenvalue weighted by Gasteiger charge is -2.10. The quantitative estimate of drug-likeness (QED) is 0.551. The highest BCUT2D eigenvalue weighted by molar-refractivity contribution is 6.04. The van der Waals surface area contributed by atoms with E-state index in [2.05, 4.69) is 0 Å². The topological polar surface area (TPSA) is 94.8 Å². The van der Waals surface area contributed by atoms with Crippen molar-refractivity contribution >= 4 is 12.1 Å². The first kappa shape index (κ1) is 14.0. The van der Waals surface area contributed by atoms with Gasteiger partial charge in [0, 0.05) is 12.5 Å². The summed E-state index contributed by atoms with van der Waals surface area (Å²) in [4.78, 5) is 22.5. The molecule has 0 amide bonds. The molecule has 98 valence electrons. The first-order valence-corrected chi connectivity index (χ1v) is 5.64. The Morgan fingerprint density at radius 1 is 1.28 bits per heavy atom. The fraction of sp³-hybridized carbons (Fsp3) is 0.385. The van der Waals surface area contributed by atoms with Crippen LogP contribution in [0.5, 0.6) is 17.2 Å². The molecule has 0 fully saturated rings. The van der Waals surface area contributed by atoms with Gasteiger partial charge in [-0.2, -0.15) is 0 Å². The van der Waals surface area contributed by atoms with Gasteiger partial charge in [-0.3, -0.25) is 9.59 Å². The van der Waals surface area contributed by atoms with E-state index in [1.807, 2.05) is 13.8 Å². The van der Waals surface area contributed by atoms with Gasteiger partial charge in [0.15, 0.2) is 12.1 Å². The van der Waals surface area contributed by atoms with Crippen LogP contribution in [0.4, 0.5) is 0 Å². The lowest BCUT2D eigenvalue weighted by molar-refractivity contribution is 0.0970. The van der Waals surface area contributed by atoms with Crippen molar-refractivity contribution in [2.24, 2.45) is 5.92 Å². The first-order valence-electron chi connectivity index (χ1n) is 5.64. The highest BCUT2D eigenvalue weighted by Crippen LogP contribution is 2.37. The number of hydrogen-bond donors (Lipinski definition) is 3. The average Bonchev–Trinajstić information content (AvgIpc) is 2.26. The SMILES string of the molecule is CC(C)CCC(=O)c1c(O)cc(O)c(C=O)c1O. The fourth-order valence-corrected chi connectivity index (χ4v) is 1.59. The van der Waals surface area contributed by atoms with Gasteiger partial charge in [0.2, 0.25) is 0 Å². The number of hydrogen-bond acceptors (Lipinski definition) is 5. The van der Waals surface area contributed by atoms with Gasteiger partial charge in [-0.15, -0.1) is 0 Å². The lowest BCUT2D eigenvalue weighted by Crippen LogP contribution is -2.04. The molecule has 0 aliphatic carbocycles. The second-order valence-corrected chi connectivity index (χ2v) is 4.53. The maximum Gasteiger partial charge on any atom is 0.170 e. The molecule has 0 atom stereocenters. The van der Waals surface area contributed by atoms with Crippen LogP contribution in [0.1, 0.15) is 47.4 Å². The van der Waals surface area contributed by atoms with Crippen molar-refractivity contribution in [3.05, 3.63) is 17.2 Å². The molecule has 1 rings (SSSR count). The van der Waals surface area contributed by atoms with Gasteiger partial charge in [0.25, 0.3) is 0 Å². The molecule has 18 heavy (non-hydrogen) atoms. The number of aldehydes is 1. The van der Waals surface area contributed by atoms with Crippen LogP contribution in [-0.2, 0) is 0 Å². The number of carbonyl (C=O) groups is 2. The average molecular weight is 252 g/mol. The monoisotopic (exact) mass is 252 g/mol. The van der Waals surface area contributed by atoms with E-state index in [1.165, 1.54) is 0 Å². The minimum absolute atomic E-state index is 0.155. The predicted molar refractivity (Wildman–Crippen MR) is 65.2 cm³/mol. The molecule has 5 nitrogen and oxygen atoms in total. The van der Waals surface area contributed by atoms with E-state index in [1.54, 1.807) is 0 Å². The summed E-state index contributed by atoms with van der Waals surface area (Å²) in [5, 5.41) is 28.6. The summed E-state index contributed by atoms with van der Waals surface area (Å²) in [6, 6.07) is 0.881. The van der Waals surface area contributed by atoms with Crippen molar-refractivity contribution in [3.8, 4) is 17.2 Å². The highest BCUT2D eigenvalue weighted by Gasteiger charge is 2.22. The van der Waals surface area contributed by atoms with Gasteiger partial charge < -0.3 is 15.3 Å². The Balaban J connectivity index is 3.16. The van der Waals surface area contributed by atoms with Crippen LogP contribution < -0.4 is 0 Å². The Kier molecular flexibility index (Phi) is 4.31. The first-order chi connectivity index (χ1) is 8.38. The third-order valence-electron chi connectivity index (χ3n) is 2.64. The lowest BCUT2D eigenvalue weighted by atomic mass is 9.98. The van der Waals surface area contributed by atoms with Crippen molar-refractivity contribution in [1.82, 2.24) is 0 Å². The van der Waals surface area contributed by atoms with E-state index in [0.717, 1.165) is 6.07 Å². The van der Waals surface area contributed by atoms with Crippen LogP contribution in [0, 0.1) is 5.92 Å². The molecular formula is C13H16O5. The summed E-state index contributed by atoms with van der Waals surface area (Å²) in [6.45, 7) is 3.89. The number of aromatic hydroxyl groups is 3. The van der Waals surface area contributed by atoms with Gasteiger partial charge in [-0.1, -0.05) is 13.8 Å². The summed E-state index contributed by atoms with van der Waals surface area (Å²) in [5.41, 5.74) is -0.698. The molecule has 0 spiro atoms. The number of carbonyl (C=O) groups excluding carboxylic acids is 2. The molecule has 5 heteroatoms. The molecule has 0 unspecified atom stereocenters. The number of Topliss-reactive ketones (excluding diaryl/α,β-unsaturated/α-hetero) is 1. The zero-order chi connectivity index (χ0) is 13.9. The van der Waals surface area contributed by atoms with E-state index >= 15 is 0 Å². The third-order valence-corrected chi connectivity index (χ3v) is 2.64. The van der Waals surface area contributed by atoms with E-state index < -0.39 is 23.0 Å². The molecule has 1 aromatic carbocycles. The summed E-state index contributed by atoms with van der Waals surface area (Å²) >= 11 is 0. The summed E-state index contributed by atoms with van der Waals surface area (Å²) in [6.07, 6.45) is 1.00. The maximum absolute atomic E-state index is 11.9. The van der Waals surface area contributed by atoms with Crippen LogP contribution in [-0.4, -0.2) is 27.4 Å². The fourth-order valence-electron chi connectivity index (χ4n) is 1.59. The van der Waals surface area contributed by atoms with Gasteiger partial charge in [0.05, 0.1) is 5.56 Å². The van der Waals surface area contributed by atoms with E-state index in [0.29, 0.717) is 12.3 Å². The smallest absolute Gasteiger partial charge is 0.170 e. The number of rotatable bonds is 5. The molecule has 0 radical (unpaired) electrons. The molecule has 0 aliphatic heterocycles. The minimum Gasteiger partial charge on any atom is -0.507 e. The standard InChI is InChI=1S/C13H16O5/c1-7(2)3-4-9(15)12-11(17)5-10(16)8(6-14)13(12)18/h5-7,16-18H,3-4H2,1-2H3. The number of ketones is 1. The number of phenolic OH excluding ortho intramolecular Hbond substituents is 3. The van der Waals surface area contributed by atoms with Crippen molar-refractivity contribution in [2.45, 2.75) is 26.7 Å². The zero-order valence-corrected chi connectivity index (χ0v) is 10.3. The number of phenols is 3. The summed E-state index contributed by atoms with van der Waals surface area (Å²) in [7, 11) is 0. The van der Waals surface area contributed by atoms with Gasteiger partial charge in [-0.25, -0.2) is 0 Å². The third kappa shape index (κ3) is 2.80. The molecule has 0 aliphatic rings. The highest BCUT2D eigenvalue weighted by atomic mass is 16.3. The Bertz CT molecular complexity index is 477. The molecule has 0 saturated heterocycles. The normalized spacial score (nSPS) is 10.6. The van der Waals surface area contributed by atoms with E-state index in [4.69, 9.17) is 0 Å². The van der Waals surface area contributed by atoms with Crippen molar-refractivity contribution in [1.29, 1.82) is 0 Å². The molecule has 3 N–H and O–H groups in total. The van der Waals surface area contributed by atoms with Gasteiger partial charge in [-0.05, 0) is 12.3 Å². The Labute approximate surface area is 105 Å².